The molecule has 122 valence electrons. The fraction of sp³-hybridized carbons (Fsp3) is 0.333. The highest BCUT2D eigenvalue weighted by molar-refractivity contribution is 5.94. The molecule has 1 aromatic heterocycles. The van der Waals surface area contributed by atoms with E-state index >= 15 is 0 Å². The Morgan fingerprint density at radius 2 is 1.83 bits per heavy atom. The Balaban J connectivity index is 2.15. The first-order valence-electron chi connectivity index (χ1n) is 7.55. The molecule has 1 amide bonds. The number of nitrogens with zero attached hydrogens (tertiary/aromatic N) is 1. The van der Waals surface area contributed by atoms with Crippen LogP contribution in [0.5, 0.6) is 0 Å². The van der Waals surface area contributed by atoms with Crippen molar-refractivity contribution in [3.05, 3.63) is 62.6 Å². The third kappa shape index (κ3) is 3.80. The minimum atomic E-state index is -0.183. The van der Waals surface area contributed by atoms with Gasteiger partial charge in [-0.3, -0.25) is 9.59 Å². The fourth-order valence-corrected chi connectivity index (χ4v) is 2.67. The highest BCUT2D eigenvalue weighted by atomic mass is 16.1. The van der Waals surface area contributed by atoms with Crippen LogP contribution < -0.4 is 15.8 Å². The minimum Gasteiger partial charge on any atom is -0.377 e. The smallest absolute Gasteiger partial charge is 0.253 e. The zero-order valence-electron chi connectivity index (χ0n) is 14.3. The normalized spacial score (nSPS) is 10.5. The van der Waals surface area contributed by atoms with Gasteiger partial charge in [0.25, 0.3) is 11.5 Å². The summed E-state index contributed by atoms with van der Waals surface area (Å²) in [5.41, 5.74) is 4.84. The number of benzene rings is 1. The van der Waals surface area contributed by atoms with Crippen molar-refractivity contribution in [1.82, 2.24) is 10.3 Å². The number of aromatic nitrogens is 1. The molecule has 2 rings (SSSR count). The Bertz CT molecular complexity index is 791. The van der Waals surface area contributed by atoms with Gasteiger partial charge in [-0.2, -0.15) is 0 Å². The number of amides is 1. The summed E-state index contributed by atoms with van der Waals surface area (Å²) in [6, 6.07) is 7.48. The molecule has 0 radical (unpaired) electrons. The highest BCUT2D eigenvalue weighted by Crippen LogP contribution is 2.19. The number of H-pyrrole nitrogens is 1. The van der Waals surface area contributed by atoms with E-state index in [2.05, 4.69) is 10.3 Å². The van der Waals surface area contributed by atoms with Gasteiger partial charge in [-0.1, -0.05) is 0 Å². The number of hydrogen-bond acceptors (Lipinski definition) is 3. The van der Waals surface area contributed by atoms with Gasteiger partial charge in [0.2, 0.25) is 0 Å². The van der Waals surface area contributed by atoms with E-state index in [-0.39, 0.29) is 18.0 Å². The zero-order chi connectivity index (χ0) is 17.1. The van der Waals surface area contributed by atoms with Gasteiger partial charge in [-0.05, 0) is 56.2 Å². The molecule has 5 heteroatoms. The van der Waals surface area contributed by atoms with Gasteiger partial charge in [-0.15, -0.1) is 0 Å². The molecular formula is C18H23N3O2. The lowest BCUT2D eigenvalue weighted by Gasteiger charge is -2.16. The largest absolute Gasteiger partial charge is 0.377 e. The van der Waals surface area contributed by atoms with Gasteiger partial charge in [0.1, 0.15) is 0 Å². The molecule has 0 saturated carbocycles. The lowest BCUT2D eigenvalue weighted by Crippen LogP contribution is -2.28. The Morgan fingerprint density at radius 3 is 2.39 bits per heavy atom. The molecule has 0 bridgehead atoms. The van der Waals surface area contributed by atoms with Crippen molar-refractivity contribution < 1.29 is 4.79 Å². The summed E-state index contributed by atoms with van der Waals surface area (Å²) in [7, 11) is 3.93. The van der Waals surface area contributed by atoms with Crippen molar-refractivity contribution in [3.63, 3.8) is 0 Å². The molecule has 0 aliphatic heterocycles. The van der Waals surface area contributed by atoms with Gasteiger partial charge in [0.05, 0.1) is 0 Å². The zero-order valence-corrected chi connectivity index (χ0v) is 14.3. The molecule has 1 aromatic carbocycles. The second-order valence-corrected chi connectivity index (χ2v) is 6.02. The van der Waals surface area contributed by atoms with E-state index in [9.17, 15) is 9.59 Å². The van der Waals surface area contributed by atoms with E-state index in [0.29, 0.717) is 11.1 Å². The minimum absolute atomic E-state index is 0.151. The third-order valence-corrected chi connectivity index (χ3v) is 3.86. The Hall–Kier alpha value is -2.56. The van der Waals surface area contributed by atoms with Crippen LogP contribution in [-0.2, 0) is 6.54 Å². The van der Waals surface area contributed by atoms with Gasteiger partial charge in [-0.25, -0.2) is 0 Å². The number of carbonyl (C=O) groups excluding carboxylic acids is 1. The van der Waals surface area contributed by atoms with Crippen molar-refractivity contribution in [2.45, 2.75) is 27.3 Å². The third-order valence-electron chi connectivity index (χ3n) is 3.86. The quantitative estimate of drug-likeness (QED) is 0.910. The predicted octanol–water partition coefficient (Wildman–Crippen LogP) is 2.30. The van der Waals surface area contributed by atoms with Crippen molar-refractivity contribution in [1.29, 1.82) is 0 Å². The topological polar surface area (TPSA) is 65.2 Å². The maximum Gasteiger partial charge on any atom is 0.253 e. The van der Waals surface area contributed by atoms with Gasteiger partial charge >= 0.3 is 0 Å². The molecule has 0 aliphatic carbocycles. The second-order valence-electron chi connectivity index (χ2n) is 6.02. The van der Waals surface area contributed by atoms with Gasteiger partial charge < -0.3 is 15.2 Å². The van der Waals surface area contributed by atoms with Crippen LogP contribution in [0, 0.1) is 20.8 Å². The standard InChI is InChI=1S/C18H23N3O2/c1-11-8-13(3)20-18(23)15(11)10-19-17(22)14-6-7-16(21(4)5)12(2)9-14/h6-9H,10H2,1-5H3,(H,19,22)(H,20,23). The van der Waals surface area contributed by atoms with E-state index in [1.54, 1.807) is 6.07 Å². The van der Waals surface area contributed by atoms with Crippen LogP contribution >= 0.6 is 0 Å². The number of pyridine rings is 1. The highest BCUT2D eigenvalue weighted by Gasteiger charge is 2.11. The summed E-state index contributed by atoms with van der Waals surface area (Å²) in [5, 5.41) is 2.82. The number of rotatable bonds is 4. The Labute approximate surface area is 136 Å². The van der Waals surface area contributed by atoms with Gasteiger partial charge in [0, 0.05) is 43.1 Å². The number of aromatic amines is 1. The van der Waals surface area contributed by atoms with E-state index in [4.69, 9.17) is 0 Å². The molecule has 0 atom stereocenters. The average Bonchev–Trinajstić information content (AvgIpc) is 2.45. The molecule has 0 unspecified atom stereocenters. The molecule has 1 heterocycles. The van der Waals surface area contributed by atoms with Crippen molar-refractivity contribution in [3.8, 4) is 0 Å². The summed E-state index contributed by atoms with van der Waals surface area (Å²) >= 11 is 0. The van der Waals surface area contributed by atoms with Crippen LogP contribution in [0.25, 0.3) is 0 Å². The maximum atomic E-state index is 12.3. The summed E-state index contributed by atoms with van der Waals surface area (Å²) in [5.74, 6) is -0.183. The summed E-state index contributed by atoms with van der Waals surface area (Å²) in [4.78, 5) is 29.0. The summed E-state index contributed by atoms with van der Waals surface area (Å²) < 4.78 is 0. The van der Waals surface area contributed by atoms with Crippen LogP contribution in [0.4, 0.5) is 5.69 Å². The lowest BCUT2D eigenvalue weighted by atomic mass is 10.1. The van der Waals surface area contributed by atoms with Crippen LogP contribution in [0.15, 0.2) is 29.1 Å². The van der Waals surface area contributed by atoms with Crippen molar-refractivity contribution in [2.75, 3.05) is 19.0 Å². The fourth-order valence-electron chi connectivity index (χ4n) is 2.67. The predicted molar refractivity (Wildman–Crippen MR) is 93.2 cm³/mol. The SMILES string of the molecule is Cc1cc(C)c(CNC(=O)c2ccc(N(C)C)c(C)c2)c(=O)[nH]1. The van der Waals surface area contributed by atoms with E-state index in [1.165, 1.54) is 0 Å². The van der Waals surface area contributed by atoms with Crippen LogP contribution in [0.3, 0.4) is 0 Å². The number of anilines is 1. The summed E-state index contributed by atoms with van der Waals surface area (Å²) in [6.07, 6.45) is 0. The molecule has 0 fully saturated rings. The molecule has 2 aromatic rings. The summed E-state index contributed by atoms with van der Waals surface area (Å²) in [6.45, 7) is 5.90. The number of carbonyl (C=O) groups is 1. The van der Waals surface area contributed by atoms with Gasteiger partial charge in [0.15, 0.2) is 0 Å². The van der Waals surface area contributed by atoms with E-state index in [0.717, 1.165) is 22.5 Å². The molecule has 23 heavy (non-hydrogen) atoms. The first-order chi connectivity index (χ1) is 10.8. The van der Waals surface area contributed by atoms with Crippen LogP contribution in [0.2, 0.25) is 0 Å². The van der Waals surface area contributed by atoms with Crippen molar-refractivity contribution in [2.24, 2.45) is 0 Å². The molecule has 0 aliphatic rings. The number of hydrogen-bond donors (Lipinski definition) is 2. The first-order valence-corrected chi connectivity index (χ1v) is 7.55. The molecular weight excluding hydrogens is 290 g/mol. The maximum absolute atomic E-state index is 12.3. The molecule has 0 spiro atoms. The Morgan fingerprint density at radius 1 is 1.13 bits per heavy atom. The van der Waals surface area contributed by atoms with Crippen molar-refractivity contribution >= 4 is 11.6 Å². The number of aryl methyl sites for hydroxylation is 3. The molecule has 5 nitrogen and oxygen atoms in total. The van der Waals surface area contributed by atoms with Crippen LogP contribution in [0.1, 0.15) is 32.7 Å². The Kier molecular flexibility index (Phi) is 4.89. The number of nitrogens with one attached hydrogen (secondary N) is 2. The monoisotopic (exact) mass is 313 g/mol. The average molecular weight is 313 g/mol. The van der Waals surface area contributed by atoms with E-state index < -0.39 is 0 Å². The van der Waals surface area contributed by atoms with Crippen LogP contribution in [-0.4, -0.2) is 25.0 Å². The lowest BCUT2D eigenvalue weighted by molar-refractivity contribution is 0.0950. The molecule has 2 N–H and O–H groups in total. The van der Waals surface area contributed by atoms with E-state index in [1.807, 2.05) is 58.0 Å². The molecule has 0 saturated heterocycles. The first kappa shape index (κ1) is 16.8. The second kappa shape index (κ2) is 6.69.